The molecule has 24 heavy (non-hydrogen) atoms. The number of fused-ring (bicyclic) bond motifs is 1. The molecule has 0 unspecified atom stereocenters. The van der Waals surface area contributed by atoms with Crippen LogP contribution in [0.2, 0.25) is 0 Å². The maximum absolute atomic E-state index is 3.70. The van der Waals surface area contributed by atoms with Crippen molar-refractivity contribution < 1.29 is 0 Å². The first-order chi connectivity index (χ1) is 11.6. The zero-order valence-electron chi connectivity index (χ0n) is 13.8. The van der Waals surface area contributed by atoms with Crippen molar-refractivity contribution in [1.82, 2.24) is 4.57 Å². The SMILES string of the molecule is Cc1ccc(-c2ccc3c(Br)cn(-c4ccc(C)cc4)c3c2)cc1. The smallest absolute Gasteiger partial charge is 0.0546 e. The first-order valence-electron chi connectivity index (χ1n) is 8.06. The molecule has 0 radical (unpaired) electrons. The summed E-state index contributed by atoms with van der Waals surface area (Å²) in [7, 11) is 0. The third-order valence-corrected chi connectivity index (χ3v) is 5.09. The predicted octanol–water partition coefficient (Wildman–Crippen LogP) is 6.68. The summed E-state index contributed by atoms with van der Waals surface area (Å²) in [5.74, 6) is 0. The van der Waals surface area contributed by atoms with Crippen molar-refractivity contribution in [2.75, 3.05) is 0 Å². The highest BCUT2D eigenvalue weighted by atomic mass is 79.9. The van der Waals surface area contributed by atoms with Gasteiger partial charge in [0, 0.05) is 21.7 Å². The maximum Gasteiger partial charge on any atom is 0.0546 e. The van der Waals surface area contributed by atoms with Crippen molar-refractivity contribution >= 4 is 26.8 Å². The van der Waals surface area contributed by atoms with Gasteiger partial charge in [0.15, 0.2) is 0 Å². The standard InChI is InChI=1S/C22H18BrN/c1-15-3-7-17(8-4-15)18-9-12-20-21(23)14-24(22(20)13-18)19-10-5-16(2)6-11-19/h3-14H,1-2H3. The van der Waals surface area contributed by atoms with E-state index in [0.717, 1.165) is 4.47 Å². The van der Waals surface area contributed by atoms with Gasteiger partial charge in [-0.05, 0) is 59.1 Å². The predicted molar refractivity (Wildman–Crippen MR) is 106 cm³/mol. The van der Waals surface area contributed by atoms with E-state index in [2.05, 4.69) is 107 Å². The van der Waals surface area contributed by atoms with Gasteiger partial charge in [0.2, 0.25) is 0 Å². The van der Waals surface area contributed by atoms with Crippen molar-refractivity contribution in [2.24, 2.45) is 0 Å². The van der Waals surface area contributed by atoms with Gasteiger partial charge in [-0.1, -0.05) is 59.7 Å². The fourth-order valence-corrected chi connectivity index (χ4v) is 3.57. The third kappa shape index (κ3) is 2.67. The molecule has 4 rings (SSSR count). The van der Waals surface area contributed by atoms with Crippen LogP contribution in [0.15, 0.2) is 77.4 Å². The minimum absolute atomic E-state index is 1.12. The van der Waals surface area contributed by atoms with Gasteiger partial charge in [0.1, 0.15) is 0 Å². The highest BCUT2D eigenvalue weighted by molar-refractivity contribution is 9.10. The Bertz CT molecular complexity index is 1010. The van der Waals surface area contributed by atoms with E-state index in [0.29, 0.717) is 0 Å². The molecule has 1 heterocycles. The number of aromatic nitrogens is 1. The average Bonchev–Trinajstić information content (AvgIpc) is 2.93. The Hall–Kier alpha value is -2.32. The lowest BCUT2D eigenvalue weighted by atomic mass is 10.0. The zero-order chi connectivity index (χ0) is 16.7. The van der Waals surface area contributed by atoms with E-state index in [1.807, 2.05) is 0 Å². The minimum atomic E-state index is 1.12. The first kappa shape index (κ1) is 15.2. The van der Waals surface area contributed by atoms with Crippen LogP contribution < -0.4 is 0 Å². The Kier molecular flexibility index (Phi) is 3.78. The highest BCUT2D eigenvalue weighted by Gasteiger charge is 2.10. The van der Waals surface area contributed by atoms with Crippen molar-refractivity contribution in [1.29, 1.82) is 0 Å². The Labute approximate surface area is 150 Å². The molecule has 118 valence electrons. The van der Waals surface area contributed by atoms with Crippen molar-refractivity contribution in [3.8, 4) is 16.8 Å². The summed E-state index contributed by atoms with van der Waals surface area (Å²) < 4.78 is 3.37. The van der Waals surface area contributed by atoms with Crippen LogP contribution in [0.5, 0.6) is 0 Å². The largest absolute Gasteiger partial charge is 0.315 e. The molecule has 0 aliphatic rings. The third-order valence-electron chi connectivity index (χ3n) is 4.45. The van der Waals surface area contributed by atoms with Crippen molar-refractivity contribution in [3.05, 3.63) is 88.5 Å². The summed E-state index contributed by atoms with van der Waals surface area (Å²) in [6.45, 7) is 4.23. The fourth-order valence-electron chi connectivity index (χ4n) is 3.03. The van der Waals surface area contributed by atoms with Gasteiger partial charge in [-0.3, -0.25) is 0 Å². The molecule has 0 amide bonds. The van der Waals surface area contributed by atoms with Gasteiger partial charge in [-0.2, -0.15) is 0 Å². The molecule has 2 heteroatoms. The zero-order valence-corrected chi connectivity index (χ0v) is 15.3. The van der Waals surface area contributed by atoms with Crippen LogP contribution in [-0.2, 0) is 0 Å². The molecule has 1 aromatic heterocycles. The summed E-state index contributed by atoms with van der Waals surface area (Å²) in [5.41, 5.74) is 7.43. The number of rotatable bonds is 2. The van der Waals surface area contributed by atoms with Gasteiger partial charge in [-0.25, -0.2) is 0 Å². The second kappa shape index (κ2) is 5.95. The molecule has 0 aliphatic heterocycles. The first-order valence-corrected chi connectivity index (χ1v) is 8.86. The maximum atomic E-state index is 3.70. The number of hydrogen-bond acceptors (Lipinski definition) is 0. The van der Waals surface area contributed by atoms with E-state index < -0.39 is 0 Å². The van der Waals surface area contributed by atoms with Crippen LogP contribution in [0.25, 0.3) is 27.7 Å². The van der Waals surface area contributed by atoms with Crippen LogP contribution in [0.1, 0.15) is 11.1 Å². The van der Waals surface area contributed by atoms with Crippen LogP contribution in [0.3, 0.4) is 0 Å². The number of aryl methyl sites for hydroxylation is 2. The topological polar surface area (TPSA) is 4.93 Å². The summed E-state index contributed by atoms with van der Waals surface area (Å²) in [4.78, 5) is 0. The Morgan fingerprint density at radius 2 is 1.29 bits per heavy atom. The van der Waals surface area contributed by atoms with Gasteiger partial charge >= 0.3 is 0 Å². The van der Waals surface area contributed by atoms with Gasteiger partial charge < -0.3 is 4.57 Å². The Morgan fingerprint density at radius 1 is 0.708 bits per heavy atom. The van der Waals surface area contributed by atoms with Gasteiger partial charge in [-0.15, -0.1) is 0 Å². The number of nitrogens with zero attached hydrogens (tertiary/aromatic N) is 1. The monoisotopic (exact) mass is 375 g/mol. The lowest BCUT2D eigenvalue weighted by Crippen LogP contribution is -1.92. The highest BCUT2D eigenvalue weighted by Crippen LogP contribution is 2.32. The summed E-state index contributed by atoms with van der Waals surface area (Å²) >= 11 is 3.70. The molecule has 0 fully saturated rings. The van der Waals surface area contributed by atoms with E-state index in [4.69, 9.17) is 0 Å². The molecule has 0 atom stereocenters. The molecule has 0 aliphatic carbocycles. The fraction of sp³-hybridized carbons (Fsp3) is 0.0909. The molecule has 0 spiro atoms. The van der Waals surface area contributed by atoms with Crippen LogP contribution in [-0.4, -0.2) is 4.57 Å². The van der Waals surface area contributed by atoms with Crippen LogP contribution in [0.4, 0.5) is 0 Å². The summed E-state index contributed by atoms with van der Waals surface area (Å²) in [6, 6.07) is 24.0. The Balaban J connectivity index is 1.90. The van der Waals surface area contributed by atoms with E-state index in [1.165, 1.54) is 38.8 Å². The summed E-state index contributed by atoms with van der Waals surface area (Å²) in [6.07, 6.45) is 2.15. The second-order valence-corrected chi connectivity index (χ2v) is 7.13. The number of hydrogen-bond donors (Lipinski definition) is 0. The normalized spacial score (nSPS) is 11.1. The molecule has 0 bridgehead atoms. The summed E-state index contributed by atoms with van der Waals surface area (Å²) in [5, 5.41) is 1.23. The number of halogens is 1. The van der Waals surface area contributed by atoms with E-state index in [1.54, 1.807) is 0 Å². The van der Waals surface area contributed by atoms with Gasteiger partial charge in [0.05, 0.1) is 5.52 Å². The van der Waals surface area contributed by atoms with E-state index >= 15 is 0 Å². The minimum Gasteiger partial charge on any atom is -0.315 e. The van der Waals surface area contributed by atoms with E-state index in [9.17, 15) is 0 Å². The van der Waals surface area contributed by atoms with Crippen LogP contribution >= 0.6 is 15.9 Å². The van der Waals surface area contributed by atoms with Crippen LogP contribution in [0, 0.1) is 13.8 Å². The molecule has 0 saturated carbocycles. The lowest BCUT2D eigenvalue weighted by Gasteiger charge is -2.08. The quantitative estimate of drug-likeness (QED) is 0.368. The number of benzene rings is 3. The molecule has 0 N–H and O–H groups in total. The van der Waals surface area contributed by atoms with Crippen molar-refractivity contribution in [2.45, 2.75) is 13.8 Å². The van der Waals surface area contributed by atoms with Gasteiger partial charge in [0.25, 0.3) is 0 Å². The average molecular weight is 376 g/mol. The molecular weight excluding hydrogens is 358 g/mol. The molecular formula is C22H18BrN. The molecule has 1 nitrogen and oxygen atoms in total. The Morgan fingerprint density at radius 3 is 1.96 bits per heavy atom. The second-order valence-electron chi connectivity index (χ2n) is 6.28. The lowest BCUT2D eigenvalue weighted by molar-refractivity contribution is 1.12. The van der Waals surface area contributed by atoms with E-state index in [-0.39, 0.29) is 0 Å². The van der Waals surface area contributed by atoms with Crippen molar-refractivity contribution in [3.63, 3.8) is 0 Å². The molecule has 0 saturated heterocycles. The molecule has 3 aromatic carbocycles. The molecule has 4 aromatic rings.